The van der Waals surface area contributed by atoms with Crippen molar-refractivity contribution in [3.8, 4) is 11.5 Å². The summed E-state index contributed by atoms with van der Waals surface area (Å²) in [6, 6.07) is 19.4. The van der Waals surface area contributed by atoms with Crippen LogP contribution in [-0.4, -0.2) is 23.8 Å². The number of benzene rings is 3. The SMILES string of the molecule is COc1cc(C2Nc3ccc(C(=O)c4ccccc4)cc3NC3=C2C(=O)CCC3)ccc1O. The van der Waals surface area contributed by atoms with Gasteiger partial charge in [0.25, 0.3) is 0 Å². The maximum absolute atomic E-state index is 13.0. The van der Waals surface area contributed by atoms with Gasteiger partial charge in [0.15, 0.2) is 23.1 Å². The van der Waals surface area contributed by atoms with Crippen molar-refractivity contribution in [2.45, 2.75) is 25.3 Å². The minimum Gasteiger partial charge on any atom is -0.504 e. The Balaban J connectivity index is 1.59. The molecule has 0 radical (unpaired) electrons. The van der Waals surface area contributed by atoms with Crippen LogP contribution in [0.15, 0.2) is 78.0 Å². The molecule has 0 saturated heterocycles. The average Bonchev–Trinajstić information content (AvgIpc) is 3.01. The topological polar surface area (TPSA) is 87.7 Å². The van der Waals surface area contributed by atoms with E-state index in [0.717, 1.165) is 35.5 Å². The summed E-state index contributed by atoms with van der Waals surface area (Å²) < 4.78 is 5.29. The van der Waals surface area contributed by atoms with Crippen molar-refractivity contribution in [3.63, 3.8) is 0 Å². The van der Waals surface area contributed by atoms with Gasteiger partial charge in [0, 0.05) is 28.8 Å². The minimum absolute atomic E-state index is 0.0432. The summed E-state index contributed by atoms with van der Waals surface area (Å²) in [5.41, 5.74) is 5.10. The number of methoxy groups -OCH3 is 1. The minimum atomic E-state index is -0.410. The van der Waals surface area contributed by atoms with E-state index in [1.165, 1.54) is 7.11 Å². The van der Waals surface area contributed by atoms with E-state index < -0.39 is 6.04 Å². The number of carbonyl (C=O) groups is 2. The molecule has 0 fully saturated rings. The van der Waals surface area contributed by atoms with Gasteiger partial charge >= 0.3 is 0 Å². The predicted octanol–water partition coefficient (Wildman–Crippen LogP) is 5.22. The van der Waals surface area contributed by atoms with E-state index in [1.54, 1.807) is 36.4 Å². The number of ketones is 2. The Kier molecular flexibility index (Phi) is 5.34. The molecule has 5 rings (SSSR count). The maximum atomic E-state index is 13.0. The molecule has 2 aliphatic rings. The Morgan fingerprint density at radius 2 is 1.79 bits per heavy atom. The fraction of sp³-hybridized carbons (Fsp3) is 0.185. The van der Waals surface area contributed by atoms with Crippen LogP contribution in [0.2, 0.25) is 0 Å². The number of Topliss-reactive ketones (excluding diaryl/α,β-unsaturated/α-hetero) is 1. The van der Waals surface area contributed by atoms with Crippen molar-refractivity contribution in [1.82, 2.24) is 0 Å². The molecular weight excluding hydrogens is 416 g/mol. The van der Waals surface area contributed by atoms with Gasteiger partial charge in [0.05, 0.1) is 24.5 Å². The molecule has 3 aromatic carbocycles. The third-order valence-corrected chi connectivity index (χ3v) is 6.19. The largest absolute Gasteiger partial charge is 0.504 e. The van der Waals surface area contributed by atoms with Crippen LogP contribution in [0.25, 0.3) is 0 Å². The van der Waals surface area contributed by atoms with Gasteiger partial charge in [-0.05, 0) is 48.7 Å². The molecule has 1 aliphatic heterocycles. The van der Waals surface area contributed by atoms with Crippen molar-refractivity contribution >= 4 is 22.9 Å². The summed E-state index contributed by atoms with van der Waals surface area (Å²) in [5.74, 6) is 0.419. The molecule has 1 unspecified atom stereocenters. The maximum Gasteiger partial charge on any atom is 0.193 e. The monoisotopic (exact) mass is 440 g/mol. The number of ether oxygens (including phenoxy) is 1. The summed E-state index contributed by atoms with van der Waals surface area (Å²) in [6.45, 7) is 0. The standard InChI is InChI=1S/C27H24N2O4/c1-33-24-15-17(11-13-22(24)30)26-25-20(8-5-9-23(25)31)28-21-14-18(10-12-19(21)29-26)27(32)16-6-3-2-4-7-16/h2-4,6-7,10-15,26,28-30H,5,8-9H2,1H3. The van der Waals surface area contributed by atoms with E-state index in [2.05, 4.69) is 10.6 Å². The van der Waals surface area contributed by atoms with Crippen LogP contribution in [-0.2, 0) is 4.79 Å². The lowest BCUT2D eigenvalue weighted by Crippen LogP contribution is -2.23. The van der Waals surface area contributed by atoms with Crippen LogP contribution < -0.4 is 15.4 Å². The lowest BCUT2D eigenvalue weighted by Gasteiger charge is -2.25. The number of allylic oxidation sites excluding steroid dienone is 1. The fourth-order valence-electron chi connectivity index (χ4n) is 4.51. The molecule has 6 nitrogen and oxygen atoms in total. The number of rotatable bonds is 4. The average molecular weight is 440 g/mol. The van der Waals surface area contributed by atoms with E-state index in [1.807, 2.05) is 30.3 Å². The number of anilines is 2. The Hall–Kier alpha value is -4.06. The lowest BCUT2D eigenvalue weighted by molar-refractivity contribution is -0.116. The van der Waals surface area contributed by atoms with Crippen molar-refractivity contribution in [2.75, 3.05) is 17.7 Å². The summed E-state index contributed by atoms with van der Waals surface area (Å²) in [4.78, 5) is 26.0. The zero-order valence-corrected chi connectivity index (χ0v) is 18.2. The molecule has 33 heavy (non-hydrogen) atoms. The zero-order chi connectivity index (χ0) is 22.9. The summed E-state index contributed by atoms with van der Waals surface area (Å²) in [5, 5.41) is 17.0. The first-order valence-electron chi connectivity index (χ1n) is 11.0. The van der Waals surface area contributed by atoms with Crippen LogP contribution in [0.3, 0.4) is 0 Å². The number of carbonyl (C=O) groups excluding carboxylic acids is 2. The molecule has 0 amide bonds. The first-order valence-corrected chi connectivity index (χ1v) is 11.0. The Morgan fingerprint density at radius 1 is 0.970 bits per heavy atom. The molecule has 1 aliphatic carbocycles. The van der Waals surface area contributed by atoms with Crippen molar-refractivity contribution in [3.05, 3.63) is 94.7 Å². The molecule has 0 aromatic heterocycles. The summed E-state index contributed by atoms with van der Waals surface area (Å²) in [7, 11) is 1.50. The van der Waals surface area contributed by atoms with Crippen LogP contribution in [0.4, 0.5) is 11.4 Å². The molecule has 3 N–H and O–H groups in total. The quantitative estimate of drug-likeness (QED) is 0.482. The van der Waals surface area contributed by atoms with Gasteiger partial charge in [-0.1, -0.05) is 36.4 Å². The van der Waals surface area contributed by atoms with Gasteiger partial charge in [0.1, 0.15) is 0 Å². The normalized spacial score (nSPS) is 17.2. The van der Waals surface area contributed by atoms with Crippen LogP contribution in [0, 0.1) is 0 Å². The van der Waals surface area contributed by atoms with Crippen LogP contribution >= 0.6 is 0 Å². The highest BCUT2D eigenvalue weighted by molar-refractivity contribution is 6.10. The zero-order valence-electron chi connectivity index (χ0n) is 18.2. The van der Waals surface area contributed by atoms with Crippen molar-refractivity contribution < 1.29 is 19.4 Å². The number of hydrogen-bond donors (Lipinski definition) is 3. The second-order valence-electron chi connectivity index (χ2n) is 8.26. The number of aromatic hydroxyl groups is 1. The highest BCUT2D eigenvalue weighted by Gasteiger charge is 2.32. The first-order chi connectivity index (χ1) is 16.0. The molecule has 0 saturated carbocycles. The van der Waals surface area contributed by atoms with E-state index in [4.69, 9.17) is 4.74 Å². The van der Waals surface area contributed by atoms with Gasteiger partial charge in [-0.25, -0.2) is 0 Å². The third-order valence-electron chi connectivity index (χ3n) is 6.19. The summed E-state index contributed by atoms with van der Waals surface area (Å²) in [6.07, 6.45) is 2.00. The number of fused-ring (bicyclic) bond motifs is 1. The first kappa shape index (κ1) is 20.8. The van der Waals surface area contributed by atoms with Gasteiger partial charge < -0.3 is 20.5 Å². The van der Waals surface area contributed by atoms with E-state index in [-0.39, 0.29) is 17.3 Å². The number of phenols is 1. The molecule has 0 bridgehead atoms. The smallest absolute Gasteiger partial charge is 0.193 e. The number of nitrogens with one attached hydrogen (secondary N) is 2. The van der Waals surface area contributed by atoms with Crippen LogP contribution in [0.5, 0.6) is 11.5 Å². The highest BCUT2D eigenvalue weighted by atomic mass is 16.5. The van der Waals surface area contributed by atoms with Gasteiger partial charge in [-0.2, -0.15) is 0 Å². The predicted molar refractivity (Wildman–Crippen MR) is 127 cm³/mol. The Morgan fingerprint density at radius 3 is 2.58 bits per heavy atom. The Bertz CT molecular complexity index is 1280. The van der Waals surface area contributed by atoms with Gasteiger partial charge in [0.2, 0.25) is 0 Å². The molecular formula is C27H24N2O4. The second kappa shape index (κ2) is 8.47. The van der Waals surface area contributed by atoms with Crippen molar-refractivity contribution in [2.24, 2.45) is 0 Å². The summed E-state index contributed by atoms with van der Waals surface area (Å²) >= 11 is 0. The molecule has 0 spiro atoms. The number of phenolic OH excluding ortho intramolecular Hbond substituents is 1. The number of hydrogen-bond acceptors (Lipinski definition) is 6. The highest BCUT2D eigenvalue weighted by Crippen LogP contribution is 2.42. The lowest BCUT2D eigenvalue weighted by atomic mass is 9.86. The molecule has 1 heterocycles. The van der Waals surface area contributed by atoms with E-state index >= 15 is 0 Å². The molecule has 166 valence electrons. The van der Waals surface area contributed by atoms with Gasteiger partial charge in [-0.15, -0.1) is 0 Å². The van der Waals surface area contributed by atoms with E-state index in [9.17, 15) is 14.7 Å². The molecule has 6 heteroatoms. The van der Waals surface area contributed by atoms with Crippen molar-refractivity contribution in [1.29, 1.82) is 0 Å². The molecule has 1 atom stereocenters. The Labute approximate surface area is 191 Å². The second-order valence-corrected chi connectivity index (χ2v) is 8.26. The van der Waals surface area contributed by atoms with E-state index in [0.29, 0.717) is 28.9 Å². The fourth-order valence-corrected chi connectivity index (χ4v) is 4.51. The molecule has 3 aromatic rings. The van der Waals surface area contributed by atoms with Gasteiger partial charge in [-0.3, -0.25) is 9.59 Å². The third kappa shape index (κ3) is 3.84. The van der Waals surface area contributed by atoms with Crippen LogP contribution in [0.1, 0.15) is 46.8 Å².